The maximum Gasteiger partial charge on any atom is 0.0625 e. The molecule has 5 heteroatoms. The number of nitrogens with zero attached hydrogens (tertiary/aromatic N) is 4. The number of hydrogen-bond donors (Lipinski definition) is 1. The van der Waals surface area contributed by atoms with E-state index < -0.39 is 0 Å². The SMILES string of the molecule is Cc1cc(C)n(CC(C)NCCCn2nc(C)c(C)c2C)n1. The molecule has 122 valence electrons. The van der Waals surface area contributed by atoms with Gasteiger partial charge in [0.15, 0.2) is 0 Å². The predicted octanol–water partition coefficient (Wildman–Crippen LogP) is 2.69. The zero-order valence-corrected chi connectivity index (χ0v) is 14.8. The fraction of sp³-hybridized carbons (Fsp3) is 0.647. The summed E-state index contributed by atoms with van der Waals surface area (Å²) >= 11 is 0. The quantitative estimate of drug-likeness (QED) is 0.800. The van der Waals surface area contributed by atoms with Crippen LogP contribution in [0.3, 0.4) is 0 Å². The minimum Gasteiger partial charge on any atom is -0.312 e. The van der Waals surface area contributed by atoms with Crippen molar-refractivity contribution in [2.75, 3.05) is 6.54 Å². The maximum atomic E-state index is 4.58. The summed E-state index contributed by atoms with van der Waals surface area (Å²) in [7, 11) is 0. The fourth-order valence-corrected chi connectivity index (χ4v) is 2.77. The van der Waals surface area contributed by atoms with E-state index >= 15 is 0 Å². The van der Waals surface area contributed by atoms with Crippen molar-refractivity contribution in [1.82, 2.24) is 24.9 Å². The molecule has 0 radical (unpaired) electrons. The smallest absolute Gasteiger partial charge is 0.0625 e. The van der Waals surface area contributed by atoms with E-state index in [9.17, 15) is 0 Å². The van der Waals surface area contributed by atoms with Gasteiger partial charge < -0.3 is 5.32 Å². The van der Waals surface area contributed by atoms with Crippen molar-refractivity contribution in [2.45, 2.75) is 67.1 Å². The number of aromatic nitrogens is 4. The third-order valence-corrected chi connectivity index (χ3v) is 4.33. The first-order valence-electron chi connectivity index (χ1n) is 8.13. The minimum absolute atomic E-state index is 0.417. The van der Waals surface area contributed by atoms with Crippen molar-refractivity contribution in [1.29, 1.82) is 0 Å². The maximum absolute atomic E-state index is 4.58. The molecule has 0 saturated heterocycles. The second-order valence-electron chi connectivity index (χ2n) is 6.34. The molecular formula is C17H29N5. The molecule has 2 rings (SSSR count). The van der Waals surface area contributed by atoms with Gasteiger partial charge in [0.25, 0.3) is 0 Å². The molecule has 0 spiro atoms. The van der Waals surface area contributed by atoms with E-state index in [2.05, 4.69) is 65.6 Å². The van der Waals surface area contributed by atoms with Gasteiger partial charge in [0.05, 0.1) is 17.9 Å². The summed E-state index contributed by atoms with van der Waals surface area (Å²) in [4.78, 5) is 0. The second-order valence-corrected chi connectivity index (χ2v) is 6.34. The monoisotopic (exact) mass is 303 g/mol. The van der Waals surface area contributed by atoms with Crippen molar-refractivity contribution in [3.63, 3.8) is 0 Å². The molecule has 0 aliphatic rings. The minimum atomic E-state index is 0.417. The van der Waals surface area contributed by atoms with Crippen molar-refractivity contribution in [3.8, 4) is 0 Å². The van der Waals surface area contributed by atoms with Gasteiger partial charge in [-0.1, -0.05) is 0 Å². The highest BCUT2D eigenvalue weighted by atomic mass is 15.3. The largest absolute Gasteiger partial charge is 0.312 e. The van der Waals surface area contributed by atoms with Crippen LogP contribution in [0.2, 0.25) is 0 Å². The molecule has 0 aromatic carbocycles. The molecule has 0 amide bonds. The Morgan fingerprint density at radius 1 is 1.09 bits per heavy atom. The molecular weight excluding hydrogens is 274 g/mol. The summed E-state index contributed by atoms with van der Waals surface area (Å²) in [5, 5.41) is 12.7. The summed E-state index contributed by atoms with van der Waals surface area (Å²) in [6.07, 6.45) is 1.09. The van der Waals surface area contributed by atoms with Gasteiger partial charge in [-0.3, -0.25) is 9.36 Å². The molecule has 1 unspecified atom stereocenters. The Morgan fingerprint density at radius 3 is 2.36 bits per heavy atom. The lowest BCUT2D eigenvalue weighted by molar-refractivity contribution is 0.429. The molecule has 0 bridgehead atoms. The molecule has 1 atom stereocenters. The summed E-state index contributed by atoms with van der Waals surface area (Å²) in [6, 6.07) is 2.54. The first kappa shape index (κ1) is 16.7. The fourth-order valence-electron chi connectivity index (χ4n) is 2.77. The van der Waals surface area contributed by atoms with Crippen molar-refractivity contribution >= 4 is 0 Å². The van der Waals surface area contributed by atoms with Gasteiger partial charge in [-0.15, -0.1) is 0 Å². The topological polar surface area (TPSA) is 47.7 Å². The Hall–Kier alpha value is -1.62. The molecule has 1 N–H and O–H groups in total. The summed E-state index contributed by atoms with van der Waals surface area (Å²) in [5.41, 5.74) is 6.05. The third-order valence-electron chi connectivity index (χ3n) is 4.33. The Kier molecular flexibility index (Phi) is 5.40. The van der Waals surface area contributed by atoms with E-state index in [1.165, 1.54) is 17.0 Å². The van der Waals surface area contributed by atoms with E-state index in [1.807, 2.05) is 6.92 Å². The highest BCUT2D eigenvalue weighted by Crippen LogP contribution is 2.11. The van der Waals surface area contributed by atoms with E-state index in [4.69, 9.17) is 0 Å². The van der Waals surface area contributed by atoms with Crippen LogP contribution in [0.5, 0.6) is 0 Å². The molecule has 2 aromatic rings. The van der Waals surface area contributed by atoms with E-state index in [-0.39, 0.29) is 0 Å². The van der Waals surface area contributed by atoms with Crippen molar-refractivity contribution < 1.29 is 0 Å². The molecule has 0 fully saturated rings. The van der Waals surface area contributed by atoms with Crippen molar-refractivity contribution in [2.24, 2.45) is 0 Å². The van der Waals surface area contributed by atoms with Gasteiger partial charge in [0, 0.05) is 24.0 Å². The Labute approximate surface area is 133 Å². The van der Waals surface area contributed by atoms with Gasteiger partial charge in [-0.2, -0.15) is 10.2 Å². The van der Waals surface area contributed by atoms with Gasteiger partial charge in [0.1, 0.15) is 0 Å². The van der Waals surface area contributed by atoms with Gasteiger partial charge in [-0.25, -0.2) is 0 Å². The van der Waals surface area contributed by atoms with Crippen LogP contribution in [-0.4, -0.2) is 32.1 Å². The molecule has 0 aliphatic heterocycles. The van der Waals surface area contributed by atoms with Crippen LogP contribution in [0.25, 0.3) is 0 Å². The van der Waals surface area contributed by atoms with Crippen LogP contribution in [-0.2, 0) is 13.1 Å². The Bertz CT molecular complexity index is 623. The number of hydrogen-bond acceptors (Lipinski definition) is 3. The molecule has 5 nitrogen and oxygen atoms in total. The number of nitrogens with one attached hydrogen (secondary N) is 1. The number of aryl methyl sites for hydroxylation is 4. The van der Waals surface area contributed by atoms with Crippen LogP contribution >= 0.6 is 0 Å². The Morgan fingerprint density at radius 2 is 1.82 bits per heavy atom. The van der Waals surface area contributed by atoms with E-state index in [1.54, 1.807) is 0 Å². The van der Waals surface area contributed by atoms with Crippen LogP contribution in [0, 0.1) is 34.6 Å². The molecule has 0 saturated carbocycles. The van der Waals surface area contributed by atoms with Crippen LogP contribution < -0.4 is 5.32 Å². The first-order chi connectivity index (χ1) is 10.4. The van der Waals surface area contributed by atoms with Crippen LogP contribution in [0.15, 0.2) is 6.07 Å². The molecule has 0 aliphatic carbocycles. The van der Waals surface area contributed by atoms with Crippen molar-refractivity contribution in [3.05, 3.63) is 34.4 Å². The summed E-state index contributed by atoms with van der Waals surface area (Å²) in [5.74, 6) is 0. The van der Waals surface area contributed by atoms with Crippen LogP contribution in [0.4, 0.5) is 0 Å². The molecule has 2 aromatic heterocycles. The second kappa shape index (κ2) is 7.09. The lowest BCUT2D eigenvalue weighted by Gasteiger charge is -2.15. The highest BCUT2D eigenvalue weighted by Gasteiger charge is 2.08. The third kappa shape index (κ3) is 3.97. The molecule has 2 heterocycles. The van der Waals surface area contributed by atoms with E-state index in [0.717, 1.165) is 37.4 Å². The average molecular weight is 303 g/mol. The standard InChI is InChI=1S/C17H29N5/c1-12-10-14(3)22(19-12)11-13(2)18-8-7-9-21-17(6)15(4)16(5)20-21/h10,13,18H,7-9,11H2,1-6H3. The molecule has 22 heavy (non-hydrogen) atoms. The number of rotatable bonds is 7. The zero-order chi connectivity index (χ0) is 16.3. The van der Waals surface area contributed by atoms with Gasteiger partial charge in [-0.05, 0) is 66.1 Å². The lowest BCUT2D eigenvalue weighted by Crippen LogP contribution is -2.32. The normalized spacial score (nSPS) is 12.8. The Balaban J connectivity index is 1.74. The van der Waals surface area contributed by atoms with Gasteiger partial charge >= 0.3 is 0 Å². The lowest BCUT2D eigenvalue weighted by atomic mass is 10.2. The highest BCUT2D eigenvalue weighted by molar-refractivity contribution is 5.22. The van der Waals surface area contributed by atoms with Crippen LogP contribution in [0.1, 0.15) is 41.7 Å². The average Bonchev–Trinajstić information content (AvgIpc) is 2.89. The summed E-state index contributed by atoms with van der Waals surface area (Å²) in [6.45, 7) is 15.6. The first-order valence-corrected chi connectivity index (χ1v) is 8.13. The van der Waals surface area contributed by atoms with E-state index in [0.29, 0.717) is 6.04 Å². The predicted molar refractivity (Wildman–Crippen MR) is 90.2 cm³/mol. The van der Waals surface area contributed by atoms with Gasteiger partial charge in [0.2, 0.25) is 0 Å². The zero-order valence-electron chi connectivity index (χ0n) is 14.8. The summed E-state index contributed by atoms with van der Waals surface area (Å²) < 4.78 is 4.20.